The highest BCUT2D eigenvalue weighted by molar-refractivity contribution is 6.38. The van der Waals surface area contributed by atoms with Crippen molar-refractivity contribution in [2.24, 2.45) is 15.0 Å². The van der Waals surface area contributed by atoms with E-state index >= 15 is 0 Å². The van der Waals surface area contributed by atoms with E-state index in [0.717, 1.165) is 177 Å². The minimum absolute atomic E-state index is 0.0398. The molecule has 1 saturated heterocycles. The Kier molecular flexibility index (Phi) is 15.9. The van der Waals surface area contributed by atoms with Crippen LogP contribution in [0.3, 0.4) is 0 Å². The summed E-state index contributed by atoms with van der Waals surface area (Å²) in [7, 11) is 0. The molecule has 11 nitrogen and oxygen atoms in total. The first-order valence-electron chi connectivity index (χ1n) is 32.8. The van der Waals surface area contributed by atoms with E-state index in [1.165, 1.54) is 0 Å². The molecule has 0 spiro atoms. The average molecular weight is 1230 g/mol. The van der Waals surface area contributed by atoms with E-state index < -0.39 is 0 Å². The minimum atomic E-state index is -0.0398. The van der Waals surface area contributed by atoms with Gasteiger partial charge in [0, 0.05) is 127 Å². The van der Waals surface area contributed by atoms with E-state index in [2.05, 4.69) is 231 Å². The summed E-state index contributed by atoms with van der Waals surface area (Å²) >= 11 is 0. The van der Waals surface area contributed by atoms with E-state index in [1.54, 1.807) is 0 Å². The Morgan fingerprint density at radius 3 is 1.38 bits per heavy atom. The molecule has 7 heterocycles. The standard InChI is InChI=1S/C83H70N8O3/c1-5-88(6-2)61-36-38-65-75(52-61)94-76-53-62(89(7-3)8-4)37-39-66(76)81(65)63-26-18-19-27-64(63)83(93)91-50-48-90(49-51-91)82(92)60-34-30-55(31-35-60)54-28-32-59(33-29-54)80-73-46-44-71(86-73)78(57-22-14-10-15-23-57)69-42-40-67(84-69)77(56-20-12-9-13-21-56)68-41-43-70(85-68)79(58-24-16-11-17-25-58)72-45-47-74(80)87-72/h9-47,52-53,93H,5-8,48-51H2,1-4H3/p+1. The molecule has 11 heteroatoms. The largest absolute Gasteiger partial charge is 0.494 e. The van der Waals surface area contributed by atoms with Gasteiger partial charge >= 0.3 is 0 Å². The molecule has 94 heavy (non-hydrogen) atoms. The molecular weight excluding hydrogens is 1160 g/mol. The number of rotatable bonds is 13. The predicted molar refractivity (Wildman–Crippen MR) is 385 cm³/mol. The summed E-state index contributed by atoms with van der Waals surface area (Å²) in [4.78, 5) is 43.1. The van der Waals surface area contributed by atoms with Crippen molar-refractivity contribution in [1.29, 1.82) is 0 Å². The molecule has 1 fully saturated rings. The molecule has 2 N–H and O–H groups in total. The quantitative estimate of drug-likeness (QED) is 0.119. The summed E-state index contributed by atoms with van der Waals surface area (Å²) in [6.45, 7) is 14.0. The van der Waals surface area contributed by atoms with Crippen LogP contribution >= 0.6 is 0 Å². The summed E-state index contributed by atoms with van der Waals surface area (Å²) in [5.74, 6) is 1.73. The minimum Gasteiger partial charge on any atom is -0.494 e. The smallest absolute Gasteiger partial charge is 0.253 e. The molecule has 0 aliphatic carbocycles. The summed E-state index contributed by atoms with van der Waals surface area (Å²) in [6.07, 6.45) is 17.0. The van der Waals surface area contributed by atoms with Crippen LogP contribution in [-0.2, 0) is 0 Å². The van der Waals surface area contributed by atoms with Gasteiger partial charge in [0.05, 0.1) is 45.4 Å². The van der Waals surface area contributed by atoms with Crippen molar-refractivity contribution in [3.8, 4) is 22.6 Å². The summed E-state index contributed by atoms with van der Waals surface area (Å²) in [6, 6.07) is 68.8. The molecule has 0 atom stereocenters. The van der Waals surface area contributed by atoms with Gasteiger partial charge in [-0.2, -0.15) is 0 Å². The van der Waals surface area contributed by atoms with Gasteiger partial charge in [-0.3, -0.25) is 4.79 Å². The number of aliphatic imine (C=N–C) groups is 3. The van der Waals surface area contributed by atoms with Crippen molar-refractivity contribution in [1.82, 2.24) is 9.80 Å². The zero-order chi connectivity index (χ0) is 63.8. The molecule has 8 aromatic carbocycles. The van der Waals surface area contributed by atoms with Crippen molar-refractivity contribution in [2.75, 3.05) is 62.2 Å². The van der Waals surface area contributed by atoms with Crippen LogP contribution in [0.1, 0.15) is 71.4 Å². The van der Waals surface area contributed by atoms with Crippen LogP contribution in [0.2, 0.25) is 0 Å². The number of piperazine rings is 1. The lowest BCUT2D eigenvalue weighted by molar-refractivity contribution is -0.383. The lowest BCUT2D eigenvalue weighted by atomic mass is 9.90. The zero-order valence-corrected chi connectivity index (χ0v) is 53.2. The number of benzene rings is 8. The molecule has 0 unspecified atom stereocenters. The zero-order valence-electron chi connectivity index (χ0n) is 53.2. The van der Waals surface area contributed by atoms with Crippen molar-refractivity contribution < 1.29 is 19.6 Å². The highest BCUT2D eigenvalue weighted by Crippen LogP contribution is 2.46. The Morgan fingerprint density at radius 2 is 0.862 bits per heavy atom. The van der Waals surface area contributed by atoms with E-state index in [1.807, 2.05) is 70.5 Å². The monoisotopic (exact) mass is 1230 g/mol. The van der Waals surface area contributed by atoms with Crippen LogP contribution in [0.4, 0.5) is 11.4 Å². The molecule has 0 saturated carbocycles. The van der Waals surface area contributed by atoms with Crippen LogP contribution in [0.5, 0.6) is 11.5 Å². The van der Waals surface area contributed by atoms with Crippen molar-refractivity contribution in [2.45, 2.75) is 27.7 Å². The SMILES string of the molecule is CCN(CC)c1ccc2c(c1)Oc1cc(N(CC)CC)ccc1C2=c1ccccc1=C(O)N1CCN(C(=O)c2ccc(-c3ccc(C4=C5C=CC(=N5)C(c5ccccc5)=C5C=CC(=N5)C(c5ccccc5)=C5C=CC(=[NH+]5)C(c5ccccc5)=C5C=CC4=N5)cc3)cc2)CC1. The third-order valence-corrected chi connectivity index (χ3v) is 18.8. The number of fused-ring (bicyclic) bond motifs is 6. The van der Waals surface area contributed by atoms with Gasteiger partial charge in [0.25, 0.3) is 5.91 Å². The molecule has 0 aromatic heterocycles. The Hall–Kier alpha value is -11.4. The second-order valence-electron chi connectivity index (χ2n) is 24.0. The number of carbonyl (C=O) groups excluding carboxylic acids is 1. The highest BCUT2D eigenvalue weighted by atomic mass is 16.5. The van der Waals surface area contributed by atoms with Gasteiger partial charge in [-0.05, 0) is 145 Å². The van der Waals surface area contributed by atoms with Gasteiger partial charge in [-0.15, -0.1) is 0 Å². The van der Waals surface area contributed by atoms with Gasteiger partial charge in [-0.1, -0.05) is 146 Å². The number of hydrogen-bond donors (Lipinski definition) is 2. The number of carbonyl (C=O) groups is 1. The fourth-order valence-electron chi connectivity index (χ4n) is 13.9. The Bertz CT molecular complexity index is 4810. The summed E-state index contributed by atoms with van der Waals surface area (Å²) in [5.41, 5.74) is 22.5. The maximum absolute atomic E-state index is 14.3. The van der Waals surface area contributed by atoms with Crippen molar-refractivity contribution >= 4 is 73.9 Å². The molecular formula is C83H71N8O3+. The number of aliphatic hydroxyl groups excluding tert-OH is 1. The first-order valence-corrected chi connectivity index (χ1v) is 32.8. The molecule has 0 radical (unpaired) electrons. The first-order chi connectivity index (χ1) is 46.2. The fourth-order valence-corrected chi connectivity index (χ4v) is 13.9. The van der Waals surface area contributed by atoms with E-state index in [4.69, 9.17) is 19.7 Å². The number of aliphatic hydroxyl groups is 1. The third-order valence-electron chi connectivity index (χ3n) is 18.8. The lowest BCUT2D eigenvalue weighted by Crippen LogP contribution is -2.68. The van der Waals surface area contributed by atoms with Crippen LogP contribution in [0, 0.1) is 0 Å². The second kappa shape index (κ2) is 25.3. The summed E-state index contributed by atoms with van der Waals surface area (Å²) < 4.78 is 6.81. The molecule has 8 bridgehead atoms. The molecule has 8 aromatic rings. The van der Waals surface area contributed by atoms with Crippen molar-refractivity contribution in [3.05, 3.63) is 321 Å². The van der Waals surface area contributed by atoms with Crippen LogP contribution < -0.4 is 30.0 Å². The molecule has 7 aliphatic rings. The maximum atomic E-state index is 14.3. The van der Waals surface area contributed by atoms with Gasteiger partial charge < -0.3 is 29.4 Å². The molecule has 15 rings (SSSR count). The van der Waals surface area contributed by atoms with E-state index in [9.17, 15) is 9.90 Å². The normalized spacial score (nSPS) is 16.5. The number of anilines is 2. The Balaban J connectivity index is 0.723. The maximum Gasteiger partial charge on any atom is 0.253 e. The third kappa shape index (κ3) is 11.0. The number of amides is 1. The van der Waals surface area contributed by atoms with E-state index in [-0.39, 0.29) is 11.8 Å². The molecule has 7 aliphatic heterocycles. The van der Waals surface area contributed by atoms with E-state index in [0.29, 0.717) is 31.7 Å². The van der Waals surface area contributed by atoms with Crippen molar-refractivity contribution in [3.63, 3.8) is 0 Å². The van der Waals surface area contributed by atoms with Gasteiger partial charge in [-0.25, -0.2) is 20.0 Å². The Morgan fingerprint density at radius 1 is 0.436 bits per heavy atom. The number of hydrogen-bond acceptors (Lipinski definition) is 9. The molecule has 460 valence electrons. The predicted octanol–water partition coefficient (Wildman–Crippen LogP) is 13.6. The topological polar surface area (TPSA) is 111 Å². The number of nitrogens with zero attached hydrogens (tertiary/aromatic N) is 7. The van der Waals surface area contributed by atoms with Gasteiger partial charge in [0.1, 0.15) is 11.5 Å². The summed E-state index contributed by atoms with van der Waals surface area (Å²) in [5, 5.41) is 14.0. The highest BCUT2D eigenvalue weighted by Gasteiger charge is 2.32. The van der Waals surface area contributed by atoms with Gasteiger partial charge in [0.2, 0.25) is 11.4 Å². The lowest BCUT2D eigenvalue weighted by Gasteiger charge is -2.35. The molecule has 1 amide bonds. The van der Waals surface area contributed by atoms with Crippen LogP contribution in [0.25, 0.3) is 44.9 Å². The number of nitrogens with one attached hydrogen (secondary N) is 1. The first kappa shape index (κ1) is 58.9. The number of ether oxygens (including phenoxy) is 1. The van der Waals surface area contributed by atoms with Gasteiger partial charge in [0.15, 0.2) is 5.88 Å². The van der Waals surface area contributed by atoms with Crippen LogP contribution in [-0.4, -0.2) is 96.0 Å². The number of allylic oxidation sites excluding steroid dienone is 12. The second-order valence-corrected chi connectivity index (χ2v) is 24.0. The fraction of sp³-hybridized carbons (Fsp3) is 0.145. The van der Waals surface area contributed by atoms with Crippen LogP contribution in [0.15, 0.2) is 287 Å². The average Bonchev–Trinajstić information content (AvgIpc) is 1.04. The Labute approximate surface area is 548 Å².